The summed E-state index contributed by atoms with van der Waals surface area (Å²) in [7, 11) is 0. The van der Waals surface area contributed by atoms with Gasteiger partial charge in [-0.05, 0) is 96.6 Å². The quantitative estimate of drug-likeness (QED) is 0.159. The molecule has 2 heteroatoms. The molecule has 0 N–H and O–H groups in total. The Hall–Kier alpha value is -7.81. The maximum atomic E-state index is 5.67. The van der Waals surface area contributed by atoms with Crippen LogP contribution in [-0.2, 0) is 0 Å². The van der Waals surface area contributed by atoms with Crippen LogP contribution in [0.1, 0.15) is 0 Å². The first-order valence-corrected chi connectivity index (χ1v) is 20.2. The van der Waals surface area contributed by atoms with Gasteiger partial charge in [0, 0.05) is 22.1 Å². The molecule has 0 aliphatic carbocycles. The van der Waals surface area contributed by atoms with Crippen molar-refractivity contribution in [3.63, 3.8) is 0 Å². The second kappa shape index (κ2) is 14.6. The fourth-order valence-corrected chi connectivity index (χ4v) is 8.79. The van der Waals surface area contributed by atoms with Crippen molar-refractivity contribution in [2.75, 3.05) is 0 Å². The molecule has 2 heterocycles. The third kappa shape index (κ3) is 6.19. The topological polar surface area (TPSA) is 17.3 Å². The van der Waals surface area contributed by atoms with Gasteiger partial charge in [0.1, 0.15) is 5.69 Å². The molecule has 11 rings (SSSR count). The second-order valence-electron chi connectivity index (χ2n) is 15.2. The number of rotatable bonds is 7. The van der Waals surface area contributed by atoms with E-state index in [-0.39, 0.29) is 0 Å². The fraction of sp³-hybridized carbons (Fsp3) is 0. The summed E-state index contributed by atoms with van der Waals surface area (Å²) in [6, 6.07) is 83.1. The predicted octanol–water partition coefficient (Wildman–Crippen LogP) is 15.3. The normalized spacial score (nSPS) is 11.4. The van der Waals surface area contributed by atoms with E-state index in [1.165, 1.54) is 49.7 Å². The molecule has 59 heavy (non-hydrogen) atoms. The number of hydrogen-bond donors (Lipinski definition) is 0. The molecule has 11 aromatic rings. The summed E-state index contributed by atoms with van der Waals surface area (Å²) in [6.07, 6.45) is 0. The molecule has 276 valence electrons. The van der Waals surface area contributed by atoms with Crippen molar-refractivity contribution in [1.82, 2.24) is 9.61 Å². The molecule has 0 amide bonds. The molecule has 0 spiro atoms. The molecule has 2 nitrogen and oxygen atoms in total. The van der Waals surface area contributed by atoms with E-state index in [0.717, 1.165) is 55.5 Å². The summed E-state index contributed by atoms with van der Waals surface area (Å²) >= 11 is 0. The Bertz CT molecular complexity index is 3290. The van der Waals surface area contributed by atoms with Crippen molar-refractivity contribution in [3.8, 4) is 78.1 Å². The van der Waals surface area contributed by atoms with Gasteiger partial charge in [0.15, 0.2) is 0 Å². The molecular weight excluding hydrogens is 713 g/mol. The van der Waals surface area contributed by atoms with Crippen LogP contribution in [0, 0.1) is 0 Å². The van der Waals surface area contributed by atoms with Crippen molar-refractivity contribution >= 4 is 27.1 Å². The zero-order valence-corrected chi connectivity index (χ0v) is 32.3. The Balaban J connectivity index is 1.28. The molecule has 9 aromatic carbocycles. The lowest BCUT2D eigenvalue weighted by Gasteiger charge is -2.16. The van der Waals surface area contributed by atoms with E-state index in [1.807, 2.05) is 0 Å². The zero-order chi connectivity index (χ0) is 39.1. The zero-order valence-electron chi connectivity index (χ0n) is 32.3. The van der Waals surface area contributed by atoms with Gasteiger partial charge in [0.2, 0.25) is 0 Å². The molecule has 0 bridgehead atoms. The highest BCUT2D eigenvalue weighted by Gasteiger charge is 2.24. The summed E-state index contributed by atoms with van der Waals surface area (Å²) in [5, 5.41) is 10.4. The smallest absolute Gasteiger partial charge is 0.101 e. The fourth-order valence-electron chi connectivity index (χ4n) is 8.79. The van der Waals surface area contributed by atoms with Crippen LogP contribution in [0.15, 0.2) is 231 Å². The van der Waals surface area contributed by atoms with Gasteiger partial charge < -0.3 is 0 Å². The highest BCUT2D eigenvalue weighted by molar-refractivity contribution is 6.12. The molecule has 0 radical (unpaired) electrons. The number of fused-ring (bicyclic) bond motifs is 4. The first-order chi connectivity index (χ1) is 29.3. The van der Waals surface area contributed by atoms with E-state index in [9.17, 15) is 0 Å². The summed E-state index contributed by atoms with van der Waals surface area (Å²) in [5.74, 6) is 0. The van der Waals surface area contributed by atoms with Crippen LogP contribution in [0.2, 0.25) is 0 Å². The summed E-state index contributed by atoms with van der Waals surface area (Å²) < 4.78 is 2.21. The van der Waals surface area contributed by atoms with E-state index in [4.69, 9.17) is 5.10 Å². The molecule has 0 aliphatic rings. The van der Waals surface area contributed by atoms with Crippen molar-refractivity contribution in [1.29, 1.82) is 0 Å². The minimum absolute atomic E-state index is 0.941. The van der Waals surface area contributed by atoms with Gasteiger partial charge in [-0.2, -0.15) is 5.10 Å². The SMILES string of the molecule is c1ccc(-c2cccc(-c3nn4c(-c5ccccc5)cc5cc(-c6ccccc6)c(-c6ccccc6)cc5c4c3-c3cccc(-c4cccc5ccccc45)c3)c2)cc1. The van der Waals surface area contributed by atoms with Gasteiger partial charge in [-0.1, -0.05) is 200 Å². The average molecular weight is 751 g/mol. The average Bonchev–Trinajstić information content (AvgIpc) is 3.73. The lowest BCUT2D eigenvalue weighted by molar-refractivity contribution is 0.980. The van der Waals surface area contributed by atoms with Crippen LogP contribution in [0.3, 0.4) is 0 Å². The van der Waals surface area contributed by atoms with Gasteiger partial charge in [-0.15, -0.1) is 0 Å². The Morgan fingerprint density at radius 2 is 0.797 bits per heavy atom. The molecule has 0 saturated heterocycles. The van der Waals surface area contributed by atoms with E-state index in [2.05, 4.69) is 235 Å². The summed E-state index contributed by atoms with van der Waals surface area (Å²) in [4.78, 5) is 0. The molecule has 0 atom stereocenters. The number of pyridine rings is 1. The highest BCUT2D eigenvalue weighted by atomic mass is 15.2. The molecule has 0 saturated carbocycles. The van der Waals surface area contributed by atoms with Crippen molar-refractivity contribution in [3.05, 3.63) is 231 Å². The maximum absolute atomic E-state index is 5.67. The summed E-state index contributed by atoms with van der Waals surface area (Å²) in [6.45, 7) is 0. The van der Waals surface area contributed by atoms with E-state index < -0.39 is 0 Å². The summed E-state index contributed by atoms with van der Waals surface area (Å²) in [5.41, 5.74) is 16.9. The third-order valence-corrected chi connectivity index (χ3v) is 11.6. The van der Waals surface area contributed by atoms with Crippen molar-refractivity contribution in [2.24, 2.45) is 0 Å². The molecule has 0 aliphatic heterocycles. The van der Waals surface area contributed by atoms with Crippen LogP contribution >= 0.6 is 0 Å². The lowest BCUT2D eigenvalue weighted by atomic mass is 9.89. The van der Waals surface area contributed by atoms with Crippen molar-refractivity contribution < 1.29 is 0 Å². The monoisotopic (exact) mass is 750 g/mol. The standard InChI is InChI=1S/C57H38N2/c1-5-18-39(19-6-1)44-28-15-31-47(34-44)56-55(46-30-16-29-45(35-46)50-33-17-27-40-24-13-14-32-49(40)50)57-53-38-52(42-22-9-3-10-23-42)51(41-20-7-2-8-21-41)36-48(53)37-54(59(57)58-56)43-25-11-4-12-26-43/h1-38H. The van der Waals surface area contributed by atoms with Gasteiger partial charge >= 0.3 is 0 Å². The minimum Gasteiger partial charge on any atom is -0.231 e. The number of benzene rings is 9. The number of nitrogens with zero attached hydrogens (tertiary/aromatic N) is 2. The lowest BCUT2D eigenvalue weighted by Crippen LogP contribution is -1.97. The van der Waals surface area contributed by atoms with Crippen molar-refractivity contribution in [2.45, 2.75) is 0 Å². The van der Waals surface area contributed by atoms with Crippen LogP contribution in [0.25, 0.3) is 105 Å². The Kier molecular flexibility index (Phi) is 8.52. The van der Waals surface area contributed by atoms with Crippen LogP contribution in [-0.4, -0.2) is 9.61 Å². The minimum atomic E-state index is 0.941. The van der Waals surface area contributed by atoms with Crippen LogP contribution < -0.4 is 0 Å². The molecule has 0 unspecified atom stereocenters. The predicted molar refractivity (Wildman–Crippen MR) is 248 cm³/mol. The Morgan fingerprint density at radius 1 is 0.288 bits per heavy atom. The first-order valence-electron chi connectivity index (χ1n) is 20.2. The van der Waals surface area contributed by atoms with E-state index >= 15 is 0 Å². The van der Waals surface area contributed by atoms with E-state index in [1.54, 1.807) is 0 Å². The molecule has 0 fully saturated rings. The Morgan fingerprint density at radius 3 is 1.51 bits per heavy atom. The van der Waals surface area contributed by atoms with Gasteiger partial charge in [-0.3, -0.25) is 0 Å². The maximum Gasteiger partial charge on any atom is 0.101 e. The van der Waals surface area contributed by atoms with Gasteiger partial charge in [0.25, 0.3) is 0 Å². The first kappa shape index (κ1) is 34.4. The largest absolute Gasteiger partial charge is 0.231 e. The molecule has 2 aromatic heterocycles. The second-order valence-corrected chi connectivity index (χ2v) is 15.2. The van der Waals surface area contributed by atoms with Gasteiger partial charge in [-0.25, -0.2) is 4.52 Å². The number of hydrogen-bond acceptors (Lipinski definition) is 1. The third-order valence-electron chi connectivity index (χ3n) is 11.6. The number of aromatic nitrogens is 2. The highest BCUT2D eigenvalue weighted by Crippen LogP contribution is 2.45. The molecular formula is C57H38N2. The van der Waals surface area contributed by atoms with Crippen LogP contribution in [0.5, 0.6) is 0 Å². The van der Waals surface area contributed by atoms with Crippen LogP contribution in [0.4, 0.5) is 0 Å². The van der Waals surface area contributed by atoms with E-state index in [0.29, 0.717) is 0 Å². The van der Waals surface area contributed by atoms with Gasteiger partial charge in [0.05, 0.1) is 11.2 Å². The Labute approximate surface area is 344 Å².